The number of amides is 1. The molecule has 0 radical (unpaired) electrons. The van der Waals surface area contributed by atoms with E-state index in [1.54, 1.807) is 17.0 Å². The lowest BCUT2D eigenvalue weighted by atomic mass is 9.96. The SMILES string of the molecule is CCCCN(C)C(=O)C1CCN(S(=O)(=O)c2ccc(Cl)cc2)CC1. The molecule has 0 unspecified atom stereocenters. The first-order valence-electron chi connectivity index (χ1n) is 8.37. The van der Waals surface area contributed by atoms with Crippen LogP contribution in [0, 0.1) is 5.92 Å². The van der Waals surface area contributed by atoms with Crippen LogP contribution in [0.5, 0.6) is 0 Å². The van der Waals surface area contributed by atoms with Crippen LogP contribution in [0.2, 0.25) is 5.02 Å². The summed E-state index contributed by atoms with van der Waals surface area (Å²) in [6, 6.07) is 6.20. The van der Waals surface area contributed by atoms with Crippen molar-refractivity contribution >= 4 is 27.5 Å². The van der Waals surface area contributed by atoms with Crippen molar-refractivity contribution in [2.24, 2.45) is 5.92 Å². The summed E-state index contributed by atoms with van der Waals surface area (Å²) in [5.41, 5.74) is 0. The molecule has 0 saturated carbocycles. The van der Waals surface area contributed by atoms with Gasteiger partial charge < -0.3 is 4.90 Å². The monoisotopic (exact) mass is 372 g/mol. The first-order valence-corrected chi connectivity index (χ1v) is 10.2. The molecule has 0 aliphatic carbocycles. The van der Waals surface area contributed by atoms with Crippen molar-refractivity contribution in [1.82, 2.24) is 9.21 Å². The van der Waals surface area contributed by atoms with Crippen LogP contribution in [-0.4, -0.2) is 50.2 Å². The van der Waals surface area contributed by atoms with Gasteiger partial charge in [-0.2, -0.15) is 4.31 Å². The van der Waals surface area contributed by atoms with Gasteiger partial charge in [-0.05, 0) is 43.5 Å². The molecule has 1 aromatic carbocycles. The normalized spacial score (nSPS) is 17.0. The van der Waals surface area contributed by atoms with Crippen LogP contribution < -0.4 is 0 Å². The molecule has 1 fully saturated rings. The van der Waals surface area contributed by atoms with Crippen molar-refractivity contribution in [3.05, 3.63) is 29.3 Å². The molecule has 1 aliphatic rings. The van der Waals surface area contributed by atoms with E-state index >= 15 is 0 Å². The molecule has 0 aromatic heterocycles. The number of sulfonamides is 1. The first kappa shape index (κ1) is 19.2. The van der Waals surface area contributed by atoms with E-state index in [-0.39, 0.29) is 16.7 Å². The summed E-state index contributed by atoms with van der Waals surface area (Å²) in [6.07, 6.45) is 3.19. The summed E-state index contributed by atoms with van der Waals surface area (Å²) in [5, 5.41) is 0.508. The standard InChI is InChI=1S/C17H25ClN2O3S/c1-3-4-11-19(2)17(21)14-9-12-20(13-10-14)24(22,23)16-7-5-15(18)6-8-16/h5-8,14H,3-4,9-13H2,1-2H3. The minimum absolute atomic E-state index is 0.0801. The molecular formula is C17H25ClN2O3S. The zero-order chi connectivity index (χ0) is 17.7. The van der Waals surface area contributed by atoms with Crippen LogP contribution in [0.15, 0.2) is 29.2 Å². The number of halogens is 1. The lowest BCUT2D eigenvalue weighted by Crippen LogP contribution is -2.43. The highest BCUT2D eigenvalue weighted by Crippen LogP contribution is 2.25. The quantitative estimate of drug-likeness (QED) is 0.771. The number of hydrogen-bond donors (Lipinski definition) is 0. The Morgan fingerprint density at radius 2 is 1.83 bits per heavy atom. The number of piperidine rings is 1. The van der Waals surface area contributed by atoms with Gasteiger partial charge in [-0.15, -0.1) is 0 Å². The lowest BCUT2D eigenvalue weighted by molar-refractivity contribution is -0.135. The van der Waals surface area contributed by atoms with Gasteiger partial charge in [-0.3, -0.25) is 4.79 Å². The van der Waals surface area contributed by atoms with Gasteiger partial charge >= 0.3 is 0 Å². The highest BCUT2D eigenvalue weighted by Gasteiger charge is 2.32. The third kappa shape index (κ3) is 4.49. The molecule has 1 aromatic rings. The summed E-state index contributed by atoms with van der Waals surface area (Å²) >= 11 is 5.82. The molecule has 1 aliphatic heterocycles. The Balaban J connectivity index is 1.97. The molecular weight excluding hydrogens is 348 g/mol. The summed E-state index contributed by atoms with van der Waals surface area (Å²) < 4.78 is 26.7. The van der Waals surface area contributed by atoms with Crippen LogP contribution in [0.3, 0.4) is 0 Å². The van der Waals surface area contributed by atoms with Crippen molar-refractivity contribution in [2.75, 3.05) is 26.7 Å². The molecule has 1 heterocycles. The van der Waals surface area contributed by atoms with E-state index in [1.165, 1.54) is 16.4 Å². The average molecular weight is 373 g/mol. The smallest absolute Gasteiger partial charge is 0.243 e. The number of carbonyl (C=O) groups is 1. The topological polar surface area (TPSA) is 57.7 Å². The summed E-state index contributed by atoms with van der Waals surface area (Å²) in [5.74, 6) is 0.0514. The predicted octanol–water partition coefficient (Wildman–Crippen LogP) is 3.00. The first-order chi connectivity index (χ1) is 11.4. The van der Waals surface area contributed by atoms with E-state index in [0.717, 1.165) is 19.4 Å². The fourth-order valence-corrected chi connectivity index (χ4v) is 4.51. The lowest BCUT2D eigenvalue weighted by Gasteiger charge is -2.32. The number of rotatable bonds is 6. The molecule has 0 bridgehead atoms. The Hall–Kier alpha value is -1.11. The van der Waals surface area contributed by atoms with Gasteiger partial charge in [0.05, 0.1) is 4.90 Å². The molecule has 24 heavy (non-hydrogen) atoms. The second kappa shape index (κ2) is 8.32. The number of carbonyl (C=O) groups excluding carboxylic acids is 1. The molecule has 134 valence electrons. The van der Waals surface area contributed by atoms with Gasteiger partial charge in [0.2, 0.25) is 15.9 Å². The average Bonchev–Trinajstić information content (AvgIpc) is 2.59. The van der Waals surface area contributed by atoms with Crippen molar-refractivity contribution < 1.29 is 13.2 Å². The molecule has 0 spiro atoms. The molecule has 0 N–H and O–H groups in total. The molecule has 1 saturated heterocycles. The highest BCUT2D eigenvalue weighted by molar-refractivity contribution is 7.89. The van der Waals surface area contributed by atoms with Gasteiger partial charge in [-0.1, -0.05) is 24.9 Å². The Bertz CT molecular complexity index is 653. The number of unbranched alkanes of at least 4 members (excludes halogenated alkanes) is 1. The second-order valence-corrected chi connectivity index (χ2v) is 8.62. The van der Waals surface area contributed by atoms with E-state index in [9.17, 15) is 13.2 Å². The fraction of sp³-hybridized carbons (Fsp3) is 0.588. The van der Waals surface area contributed by atoms with Gasteiger partial charge in [0.25, 0.3) is 0 Å². The van der Waals surface area contributed by atoms with Crippen molar-refractivity contribution in [3.63, 3.8) is 0 Å². The van der Waals surface area contributed by atoms with E-state index in [4.69, 9.17) is 11.6 Å². The van der Waals surface area contributed by atoms with Gasteiger partial charge in [0.15, 0.2) is 0 Å². The summed E-state index contributed by atoms with van der Waals surface area (Å²) in [4.78, 5) is 14.4. The van der Waals surface area contributed by atoms with Crippen LogP contribution in [0.4, 0.5) is 0 Å². The van der Waals surface area contributed by atoms with Crippen molar-refractivity contribution in [1.29, 1.82) is 0 Å². The van der Waals surface area contributed by atoms with E-state index < -0.39 is 10.0 Å². The van der Waals surface area contributed by atoms with Crippen LogP contribution in [0.25, 0.3) is 0 Å². The van der Waals surface area contributed by atoms with Gasteiger partial charge in [0.1, 0.15) is 0 Å². The number of benzene rings is 1. The third-order valence-electron chi connectivity index (χ3n) is 4.48. The molecule has 0 atom stereocenters. The molecule has 5 nitrogen and oxygen atoms in total. The fourth-order valence-electron chi connectivity index (χ4n) is 2.92. The Kier molecular flexibility index (Phi) is 6.66. The van der Waals surface area contributed by atoms with E-state index in [2.05, 4.69) is 6.92 Å². The predicted molar refractivity (Wildman–Crippen MR) is 95.5 cm³/mol. The summed E-state index contributed by atoms with van der Waals surface area (Å²) in [6.45, 7) is 3.61. The third-order valence-corrected chi connectivity index (χ3v) is 6.64. The zero-order valence-corrected chi connectivity index (χ0v) is 15.8. The van der Waals surface area contributed by atoms with E-state index in [0.29, 0.717) is 31.0 Å². The zero-order valence-electron chi connectivity index (χ0n) is 14.2. The van der Waals surface area contributed by atoms with Crippen LogP contribution in [-0.2, 0) is 14.8 Å². The molecule has 7 heteroatoms. The largest absolute Gasteiger partial charge is 0.346 e. The van der Waals surface area contributed by atoms with Crippen LogP contribution >= 0.6 is 11.6 Å². The van der Waals surface area contributed by atoms with Gasteiger partial charge in [0, 0.05) is 37.6 Å². The minimum Gasteiger partial charge on any atom is -0.346 e. The van der Waals surface area contributed by atoms with Gasteiger partial charge in [-0.25, -0.2) is 8.42 Å². The second-order valence-electron chi connectivity index (χ2n) is 6.25. The van der Waals surface area contributed by atoms with Crippen LogP contribution in [0.1, 0.15) is 32.6 Å². The van der Waals surface area contributed by atoms with Crippen molar-refractivity contribution in [3.8, 4) is 0 Å². The Morgan fingerprint density at radius 1 is 1.25 bits per heavy atom. The Labute approximate surface area is 149 Å². The number of nitrogens with zero attached hydrogens (tertiary/aromatic N) is 2. The molecule has 1 amide bonds. The van der Waals surface area contributed by atoms with Crippen molar-refractivity contribution in [2.45, 2.75) is 37.5 Å². The minimum atomic E-state index is -3.51. The highest BCUT2D eigenvalue weighted by atomic mass is 35.5. The maximum atomic E-state index is 12.6. The Morgan fingerprint density at radius 3 is 2.38 bits per heavy atom. The summed E-state index contributed by atoms with van der Waals surface area (Å²) in [7, 11) is -1.68. The van der Waals surface area contributed by atoms with E-state index in [1.807, 2.05) is 7.05 Å². The molecule has 2 rings (SSSR count). The maximum absolute atomic E-state index is 12.6. The number of hydrogen-bond acceptors (Lipinski definition) is 3. The maximum Gasteiger partial charge on any atom is 0.243 e.